The summed E-state index contributed by atoms with van der Waals surface area (Å²) in [4.78, 5) is 0. The minimum absolute atomic E-state index is 0.00361. The number of benzene rings is 2. The number of nitrogens with one attached hydrogen (secondary N) is 1. The zero-order chi connectivity index (χ0) is 20.0. The number of ether oxygens (including phenoxy) is 2. The van der Waals surface area contributed by atoms with Gasteiger partial charge in [0.15, 0.2) is 11.5 Å². The van der Waals surface area contributed by atoms with Gasteiger partial charge >= 0.3 is 0 Å². The Kier molecular flexibility index (Phi) is 7.74. The number of hydrogen-bond donors (Lipinski definition) is 2. The van der Waals surface area contributed by atoms with Crippen LogP contribution in [0.1, 0.15) is 31.9 Å². The highest BCUT2D eigenvalue weighted by Crippen LogP contribution is 2.38. The molecule has 0 unspecified atom stereocenters. The Bertz CT molecular complexity index is 764. The highest BCUT2D eigenvalue weighted by atomic mass is 35.5. The predicted octanol–water partition coefficient (Wildman–Crippen LogP) is 4.97. The largest absolute Gasteiger partial charge is 0.490 e. The van der Waals surface area contributed by atoms with Gasteiger partial charge in [-0.2, -0.15) is 0 Å². The van der Waals surface area contributed by atoms with Crippen molar-refractivity contribution in [3.8, 4) is 11.5 Å². The van der Waals surface area contributed by atoms with Crippen LogP contribution in [0.2, 0.25) is 10.0 Å². The minimum Gasteiger partial charge on any atom is -0.490 e. The first-order valence-electron chi connectivity index (χ1n) is 8.64. The molecule has 0 fully saturated rings. The topological polar surface area (TPSA) is 50.7 Å². The second-order valence-corrected chi connectivity index (χ2v) is 7.54. The van der Waals surface area contributed by atoms with Gasteiger partial charge in [-0.15, -0.1) is 0 Å². The third-order valence-electron chi connectivity index (χ3n) is 3.96. The molecular weight excluding hydrogens is 392 g/mol. The molecule has 2 aromatic rings. The zero-order valence-corrected chi connectivity index (χ0v) is 17.1. The summed E-state index contributed by atoms with van der Waals surface area (Å²) in [6.45, 7) is 6.50. The Balaban J connectivity index is 2.22. The highest BCUT2D eigenvalue weighted by Gasteiger charge is 2.18. The van der Waals surface area contributed by atoms with Crippen molar-refractivity contribution in [2.45, 2.75) is 39.5 Å². The maximum atomic E-state index is 14.0. The fourth-order valence-corrected chi connectivity index (χ4v) is 2.84. The molecule has 148 valence electrons. The number of halogens is 3. The number of rotatable bonds is 9. The Labute approximate surface area is 169 Å². The summed E-state index contributed by atoms with van der Waals surface area (Å²) in [7, 11) is 0. The normalized spacial score (nSPS) is 11.5. The maximum Gasteiger partial charge on any atom is 0.180 e. The summed E-state index contributed by atoms with van der Waals surface area (Å²) in [5.41, 5.74) is 0.712. The SMILES string of the molecule is CCOc1cc(CNC(C)(C)CO)cc(Cl)c1OCc1c(F)cccc1Cl. The molecular formula is C20H24Cl2FNO3. The van der Waals surface area contributed by atoms with Crippen molar-refractivity contribution in [2.75, 3.05) is 13.2 Å². The summed E-state index contributed by atoms with van der Waals surface area (Å²) in [5, 5.41) is 13.2. The Morgan fingerprint density at radius 1 is 1.15 bits per heavy atom. The summed E-state index contributed by atoms with van der Waals surface area (Å²) in [6, 6.07) is 8.03. The predicted molar refractivity (Wildman–Crippen MR) is 106 cm³/mol. The molecule has 0 aliphatic heterocycles. The smallest absolute Gasteiger partial charge is 0.180 e. The third-order valence-corrected chi connectivity index (χ3v) is 4.59. The molecule has 0 aliphatic carbocycles. The average Bonchev–Trinajstić information content (AvgIpc) is 2.61. The van der Waals surface area contributed by atoms with E-state index >= 15 is 0 Å². The van der Waals surface area contributed by atoms with Crippen LogP contribution in [0.3, 0.4) is 0 Å². The maximum absolute atomic E-state index is 14.0. The van der Waals surface area contributed by atoms with Gasteiger partial charge < -0.3 is 19.9 Å². The molecule has 27 heavy (non-hydrogen) atoms. The molecule has 4 nitrogen and oxygen atoms in total. The van der Waals surface area contributed by atoms with Gasteiger partial charge in [0, 0.05) is 17.6 Å². The van der Waals surface area contributed by atoms with Gasteiger partial charge in [0.2, 0.25) is 0 Å². The van der Waals surface area contributed by atoms with E-state index in [1.165, 1.54) is 12.1 Å². The molecule has 0 heterocycles. The fourth-order valence-electron chi connectivity index (χ4n) is 2.34. The van der Waals surface area contributed by atoms with Crippen LogP contribution in [0.4, 0.5) is 4.39 Å². The van der Waals surface area contributed by atoms with Gasteiger partial charge in [-0.1, -0.05) is 29.3 Å². The highest BCUT2D eigenvalue weighted by molar-refractivity contribution is 6.32. The van der Waals surface area contributed by atoms with Crippen LogP contribution in [0.25, 0.3) is 0 Å². The summed E-state index contributed by atoms with van der Waals surface area (Å²) >= 11 is 12.4. The number of hydrogen-bond acceptors (Lipinski definition) is 4. The monoisotopic (exact) mass is 415 g/mol. The molecule has 0 atom stereocenters. The lowest BCUT2D eigenvalue weighted by atomic mass is 10.1. The zero-order valence-electron chi connectivity index (χ0n) is 15.6. The van der Waals surface area contributed by atoms with E-state index in [2.05, 4.69) is 5.32 Å². The fraction of sp³-hybridized carbons (Fsp3) is 0.400. The standard InChI is InChI=1S/C20H24Cl2FNO3/c1-4-26-18-9-13(10-24-20(2,3)12-25)8-16(22)19(18)27-11-14-15(21)6-5-7-17(14)23/h5-9,24-25H,4,10-12H2,1-3H3. The van der Waals surface area contributed by atoms with Gasteiger partial charge in [0.1, 0.15) is 12.4 Å². The first-order chi connectivity index (χ1) is 12.8. The van der Waals surface area contributed by atoms with Gasteiger partial charge in [-0.25, -0.2) is 4.39 Å². The summed E-state index contributed by atoms with van der Waals surface area (Å²) in [5.74, 6) is 0.364. The molecule has 0 saturated carbocycles. The van der Waals surface area contributed by atoms with E-state index < -0.39 is 11.4 Å². The molecule has 0 bridgehead atoms. The van der Waals surface area contributed by atoms with Crippen molar-refractivity contribution in [2.24, 2.45) is 0 Å². The lowest BCUT2D eigenvalue weighted by Gasteiger charge is -2.24. The van der Waals surface area contributed by atoms with Crippen LogP contribution in [0.15, 0.2) is 30.3 Å². The van der Waals surface area contributed by atoms with Crippen LogP contribution in [-0.2, 0) is 13.2 Å². The lowest BCUT2D eigenvalue weighted by molar-refractivity contribution is 0.187. The van der Waals surface area contributed by atoms with E-state index in [4.69, 9.17) is 32.7 Å². The second-order valence-electron chi connectivity index (χ2n) is 6.72. The van der Waals surface area contributed by atoms with Crippen LogP contribution >= 0.6 is 23.2 Å². The van der Waals surface area contributed by atoms with Crippen LogP contribution in [-0.4, -0.2) is 23.9 Å². The minimum atomic E-state index is -0.441. The van der Waals surface area contributed by atoms with Crippen molar-refractivity contribution < 1.29 is 19.0 Å². The molecule has 2 rings (SSSR count). The summed E-state index contributed by atoms with van der Waals surface area (Å²) < 4.78 is 25.4. The van der Waals surface area contributed by atoms with E-state index in [0.29, 0.717) is 29.7 Å². The summed E-state index contributed by atoms with van der Waals surface area (Å²) in [6.07, 6.45) is 0. The van der Waals surface area contributed by atoms with E-state index in [9.17, 15) is 9.50 Å². The van der Waals surface area contributed by atoms with Gasteiger partial charge in [-0.3, -0.25) is 0 Å². The quantitative estimate of drug-likeness (QED) is 0.606. The average molecular weight is 416 g/mol. The van der Waals surface area contributed by atoms with Crippen molar-refractivity contribution in [3.63, 3.8) is 0 Å². The lowest BCUT2D eigenvalue weighted by Crippen LogP contribution is -2.42. The molecule has 0 aromatic heterocycles. The Hall–Kier alpha value is -1.53. The van der Waals surface area contributed by atoms with Crippen molar-refractivity contribution in [1.82, 2.24) is 5.32 Å². The molecule has 7 heteroatoms. The van der Waals surface area contributed by atoms with E-state index in [1.807, 2.05) is 26.8 Å². The molecule has 0 saturated heterocycles. The van der Waals surface area contributed by atoms with Crippen molar-refractivity contribution >= 4 is 23.2 Å². The molecule has 0 amide bonds. The number of aliphatic hydroxyl groups excluding tert-OH is 1. The second kappa shape index (κ2) is 9.60. The third kappa shape index (κ3) is 5.98. The van der Waals surface area contributed by atoms with Gasteiger partial charge in [0.25, 0.3) is 0 Å². The van der Waals surface area contributed by atoms with E-state index in [-0.39, 0.29) is 23.8 Å². The van der Waals surface area contributed by atoms with Crippen molar-refractivity contribution in [3.05, 3.63) is 57.3 Å². The van der Waals surface area contributed by atoms with E-state index in [0.717, 1.165) is 5.56 Å². The first-order valence-corrected chi connectivity index (χ1v) is 9.39. The van der Waals surface area contributed by atoms with Crippen LogP contribution in [0.5, 0.6) is 11.5 Å². The van der Waals surface area contributed by atoms with Crippen LogP contribution in [0, 0.1) is 5.82 Å². The van der Waals surface area contributed by atoms with E-state index in [1.54, 1.807) is 12.1 Å². The molecule has 2 aromatic carbocycles. The molecule has 0 aliphatic rings. The molecule has 2 N–H and O–H groups in total. The van der Waals surface area contributed by atoms with Gasteiger partial charge in [-0.05, 0) is 50.6 Å². The molecule has 0 spiro atoms. The molecule has 0 radical (unpaired) electrons. The Morgan fingerprint density at radius 3 is 2.52 bits per heavy atom. The number of aliphatic hydroxyl groups is 1. The first kappa shape index (κ1) is 21.8. The van der Waals surface area contributed by atoms with Crippen LogP contribution < -0.4 is 14.8 Å². The Morgan fingerprint density at radius 2 is 1.89 bits per heavy atom. The van der Waals surface area contributed by atoms with Crippen molar-refractivity contribution in [1.29, 1.82) is 0 Å². The van der Waals surface area contributed by atoms with Gasteiger partial charge in [0.05, 0.1) is 23.3 Å².